The van der Waals surface area contributed by atoms with Gasteiger partial charge in [-0.1, -0.05) is 53.7 Å². The third-order valence-corrected chi connectivity index (χ3v) is 5.84. The number of alkyl halides is 3. The van der Waals surface area contributed by atoms with Gasteiger partial charge in [0.25, 0.3) is 5.91 Å². The molecule has 0 atom stereocenters. The molecule has 2 N–H and O–H groups in total. The van der Waals surface area contributed by atoms with Crippen molar-refractivity contribution in [3.63, 3.8) is 0 Å². The minimum Gasteiger partial charge on any atom is -0.329 e. The van der Waals surface area contributed by atoms with E-state index in [1.165, 1.54) is 0 Å². The van der Waals surface area contributed by atoms with E-state index >= 15 is 0 Å². The molecule has 2 aromatic carbocycles. The third-order valence-electron chi connectivity index (χ3n) is 5.84. The monoisotopic (exact) mass is 519 g/mol. The normalized spacial score (nSPS) is 14.4. The minimum absolute atomic E-state index is 0.315. The number of hydrogen-bond acceptors (Lipinski definition) is 8. The molecule has 4 rings (SSSR count). The van der Waals surface area contributed by atoms with Gasteiger partial charge in [-0.2, -0.15) is 23.4 Å². The lowest BCUT2D eigenvalue weighted by Crippen LogP contribution is -2.43. The molecule has 0 bridgehead atoms. The van der Waals surface area contributed by atoms with Crippen molar-refractivity contribution >= 4 is 11.9 Å². The summed E-state index contributed by atoms with van der Waals surface area (Å²) in [5.41, 5.74) is 1.79. The number of hydroxylamine groups is 2. The number of amides is 1. The van der Waals surface area contributed by atoms with E-state index < -0.39 is 36.6 Å². The summed E-state index contributed by atoms with van der Waals surface area (Å²) in [5.74, 6) is -3.63. The van der Waals surface area contributed by atoms with Crippen LogP contribution in [0.3, 0.4) is 0 Å². The Kier molecular flexibility index (Phi) is 8.04. The first-order chi connectivity index (χ1) is 17.7. The number of benzene rings is 2. The number of piperazine rings is 1. The van der Waals surface area contributed by atoms with E-state index in [9.17, 15) is 27.6 Å². The van der Waals surface area contributed by atoms with Gasteiger partial charge in [-0.15, -0.1) is 0 Å². The summed E-state index contributed by atoms with van der Waals surface area (Å²) in [5, 5.41) is 8.84. The Bertz CT molecular complexity index is 1290. The van der Waals surface area contributed by atoms with Crippen LogP contribution < -0.4 is 10.9 Å². The summed E-state index contributed by atoms with van der Waals surface area (Å²) < 4.78 is 43.4. The quantitative estimate of drug-likeness (QED) is 0.455. The molecule has 1 aliphatic rings. The molecule has 0 spiro atoms. The Balaban J connectivity index is 1.70. The van der Waals surface area contributed by atoms with Crippen LogP contribution in [0.25, 0.3) is 11.1 Å². The molecule has 1 aliphatic heterocycles. The van der Waals surface area contributed by atoms with E-state index in [1.54, 1.807) is 12.1 Å². The van der Waals surface area contributed by atoms with Crippen LogP contribution in [-0.4, -0.2) is 64.5 Å². The number of H-pyrrole nitrogens is 1. The lowest BCUT2D eigenvalue weighted by atomic mass is 9.94. The number of carbonyl (C=O) groups excluding carboxylic acids is 2. The summed E-state index contributed by atoms with van der Waals surface area (Å²) >= 11 is 0. The third kappa shape index (κ3) is 6.62. The first-order valence-electron chi connectivity index (χ1n) is 11.4. The molecule has 0 saturated carbocycles. The van der Waals surface area contributed by atoms with Crippen molar-refractivity contribution < 1.29 is 32.2 Å². The maximum absolute atomic E-state index is 13.0. The standard InChI is InChI=1S/C24H24F3N5O5/c25-24(26,27)23(35)36-32(21(33)13-20-22(34)30-37-29-20)14-17-7-4-8-18(16-5-2-1-3-6-16)19(17)15-31-11-9-28-10-12-31/h1-8,28H,9-15H2,(H,30,34). The molecular weight excluding hydrogens is 495 g/mol. The number of halogens is 3. The zero-order chi connectivity index (χ0) is 26.4. The van der Waals surface area contributed by atoms with Gasteiger partial charge in [-0.25, -0.2) is 4.79 Å². The highest BCUT2D eigenvalue weighted by molar-refractivity contribution is 5.81. The number of carbonyl (C=O) groups is 2. The van der Waals surface area contributed by atoms with Gasteiger partial charge in [-0.05, 0) is 22.3 Å². The Morgan fingerprint density at radius 1 is 1.08 bits per heavy atom. The van der Waals surface area contributed by atoms with Gasteiger partial charge in [0.15, 0.2) is 5.69 Å². The second-order valence-electron chi connectivity index (χ2n) is 8.38. The average Bonchev–Trinajstić information content (AvgIpc) is 3.29. The molecule has 2 heterocycles. The molecule has 0 aliphatic carbocycles. The Hall–Kier alpha value is -3.97. The number of rotatable bonds is 7. The predicted octanol–water partition coefficient (Wildman–Crippen LogP) is 2.03. The van der Waals surface area contributed by atoms with E-state index in [2.05, 4.69) is 24.8 Å². The summed E-state index contributed by atoms with van der Waals surface area (Å²) in [4.78, 5) is 43.0. The summed E-state index contributed by atoms with van der Waals surface area (Å²) in [6.45, 7) is 3.05. The highest BCUT2D eigenvalue weighted by Crippen LogP contribution is 2.29. The van der Waals surface area contributed by atoms with Crippen LogP contribution in [0.5, 0.6) is 0 Å². The number of nitrogens with one attached hydrogen (secondary N) is 2. The van der Waals surface area contributed by atoms with Crippen LogP contribution in [0.15, 0.2) is 58.0 Å². The summed E-state index contributed by atoms with van der Waals surface area (Å²) in [6.07, 6.45) is -6.07. The fourth-order valence-electron chi connectivity index (χ4n) is 3.99. The largest absolute Gasteiger partial charge is 0.493 e. The molecule has 196 valence electrons. The summed E-state index contributed by atoms with van der Waals surface area (Å²) in [6, 6.07) is 14.7. The smallest absolute Gasteiger partial charge is 0.329 e. The molecule has 37 heavy (non-hydrogen) atoms. The highest BCUT2D eigenvalue weighted by atomic mass is 19.4. The number of aromatic nitrogens is 2. The van der Waals surface area contributed by atoms with E-state index in [1.807, 2.05) is 41.6 Å². The zero-order valence-corrected chi connectivity index (χ0v) is 19.6. The molecule has 3 aromatic rings. The van der Waals surface area contributed by atoms with Gasteiger partial charge >= 0.3 is 17.7 Å². The predicted molar refractivity (Wildman–Crippen MR) is 124 cm³/mol. The topological polar surface area (TPSA) is 121 Å². The van der Waals surface area contributed by atoms with Crippen LogP contribution in [-0.2, 0) is 33.9 Å². The van der Waals surface area contributed by atoms with Crippen molar-refractivity contribution in [2.24, 2.45) is 0 Å². The SMILES string of the molecule is O=C(Cc1no[nH]c1=O)N(Cc1cccc(-c2ccccc2)c1CN1CCNCC1)OC(=O)C(F)(F)F. The molecule has 1 fully saturated rings. The molecule has 1 saturated heterocycles. The zero-order valence-electron chi connectivity index (χ0n) is 19.6. The minimum atomic E-state index is -5.33. The molecule has 1 amide bonds. The lowest BCUT2D eigenvalue weighted by Gasteiger charge is -2.30. The summed E-state index contributed by atoms with van der Waals surface area (Å²) in [7, 11) is 0. The molecule has 10 nitrogen and oxygen atoms in total. The lowest BCUT2D eigenvalue weighted by molar-refractivity contribution is -0.238. The molecule has 13 heteroatoms. The maximum Gasteiger partial charge on any atom is 0.493 e. The first-order valence-corrected chi connectivity index (χ1v) is 11.4. The van der Waals surface area contributed by atoms with Crippen molar-refractivity contribution in [3.8, 4) is 11.1 Å². The van der Waals surface area contributed by atoms with Gasteiger partial charge in [0.2, 0.25) is 0 Å². The van der Waals surface area contributed by atoms with Crippen LogP contribution in [0.4, 0.5) is 13.2 Å². The molecule has 1 aromatic heterocycles. The number of aromatic amines is 1. The fourth-order valence-corrected chi connectivity index (χ4v) is 3.99. The molecular formula is C24H24F3N5O5. The average molecular weight is 519 g/mol. The van der Waals surface area contributed by atoms with Crippen LogP contribution in [0.2, 0.25) is 0 Å². The first kappa shape index (κ1) is 26.1. The van der Waals surface area contributed by atoms with E-state index in [-0.39, 0.29) is 5.69 Å². The molecule has 0 unspecified atom stereocenters. The van der Waals surface area contributed by atoms with Crippen molar-refractivity contribution in [1.29, 1.82) is 0 Å². The van der Waals surface area contributed by atoms with Crippen molar-refractivity contribution in [2.45, 2.75) is 25.7 Å². The van der Waals surface area contributed by atoms with E-state index in [4.69, 9.17) is 0 Å². The Morgan fingerprint density at radius 2 is 1.81 bits per heavy atom. The van der Waals surface area contributed by atoms with Crippen molar-refractivity contribution in [2.75, 3.05) is 26.2 Å². The van der Waals surface area contributed by atoms with Crippen LogP contribution in [0, 0.1) is 0 Å². The van der Waals surface area contributed by atoms with Crippen LogP contribution in [0.1, 0.15) is 16.8 Å². The van der Waals surface area contributed by atoms with Gasteiger partial charge in [0.05, 0.1) is 13.0 Å². The van der Waals surface area contributed by atoms with E-state index in [0.717, 1.165) is 42.9 Å². The second kappa shape index (κ2) is 11.4. The van der Waals surface area contributed by atoms with Crippen molar-refractivity contribution in [1.82, 2.24) is 25.6 Å². The fraction of sp³-hybridized carbons (Fsp3) is 0.333. The Morgan fingerprint density at radius 3 is 2.46 bits per heavy atom. The van der Waals surface area contributed by atoms with Crippen molar-refractivity contribution in [3.05, 3.63) is 75.7 Å². The van der Waals surface area contributed by atoms with Gasteiger partial charge in [0.1, 0.15) is 0 Å². The highest BCUT2D eigenvalue weighted by Gasteiger charge is 2.43. The van der Waals surface area contributed by atoms with Gasteiger partial charge in [0, 0.05) is 32.7 Å². The number of hydrogen-bond donors (Lipinski definition) is 2. The maximum atomic E-state index is 13.0. The number of nitrogens with zero attached hydrogens (tertiary/aromatic N) is 3. The van der Waals surface area contributed by atoms with Gasteiger partial charge in [-0.3, -0.25) is 19.1 Å². The van der Waals surface area contributed by atoms with E-state index in [0.29, 0.717) is 17.2 Å². The molecule has 0 radical (unpaired) electrons. The van der Waals surface area contributed by atoms with Gasteiger partial charge < -0.3 is 10.2 Å². The van der Waals surface area contributed by atoms with Crippen LogP contribution >= 0.6 is 0 Å². The second-order valence-corrected chi connectivity index (χ2v) is 8.38. The Labute approximate surface area is 208 Å².